The van der Waals surface area contributed by atoms with Crippen molar-refractivity contribution in [3.8, 4) is 0 Å². The summed E-state index contributed by atoms with van der Waals surface area (Å²) < 4.78 is 0.844. The van der Waals surface area contributed by atoms with Gasteiger partial charge in [-0.05, 0) is 0 Å². The Morgan fingerprint density at radius 3 is 1.62 bits per heavy atom. The minimum absolute atomic E-state index is 0. The van der Waals surface area contributed by atoms with E-state index in [4.69, 9.17) is 5.11 Å². The maximum absolute atomic E-state index is 8.39. The van der Waals surface area contributed by atoms with E-state index in [-0.39, 0.29) is 23.7 Å². The average molecular weight is 185 g/mol. The number of aliphatic hydroxyl groups is 1. The van der Waals surface area contributed by atoms with Crippen molar-refractivity contribution >= 4 is 17.1 Å². The number of aliphatic hydroxyl groups excluding tert-OH is 1. The first-order chi connectivity index (χ1) is 3.06. The fourth-order valence-electron chi connectivity index (χ4n) is 0.300. The van der Waals surface area contributed by atoms with E-state index in [0.717, 1.165) is 11.0 Å². The van der Waals surface area contributed by atoms with Crippen molar-refractivity contribution < 1.29 is 9.59 Å². The zero-order chi connectivity index (χ0) is 5.91. The van der Waals surface area contributed by atoms with Crippen molar-refractivity contribution in [1.82, 2.24) is 0 Å². The monoisotopic (exact) mass is 186 g/mol. The van der Waals surface area contributed by atoms with Crippen LogP contribution in [0.1, 0.15) is 0 Å². The minimum atomic E-state index is 0. The molecule has 0 spiro atoms. The predicted octanol–water partition coefficient (Wildman–Crippen LogP) is -1.23. The molecule has 1 radical (unpaired) electrons. The number of rotatable bonds is 2. The molecular formula is C5H16NOSe+2. The zero-order valence-electron chi connectivity index (χ0n) is 5.81. The number of hydrogen-bond donors (Lipinski definition) is 1. The predicted molar refractivity (Wildman–Crippen MR) is 38.5 cm³/mol. The van der Waals surface area contributed by atoms with Gasteiger partial charge >= 0.3 is 17.1 Å². The van der Waals surface area contributed by atoms with Crippen LogP contribution in [0.3, 0.4) is 0 Å². The van der Waals surface area contributed by atoms with Crippen LogP contribution in [-0.4, -0.2) is 61.0 Å². The molecule has 0 saturated heterocycles. The van der Waals surface area contributed by atoms with E-state index in [9.17, 15) is 0 Å². The van der Waals surface area contributed by atoms with Crippen LogP contribution in [0.4, 0.5) is 0 Å². The van der Waals surface area contributed by atoms with Crippen LogP contribution in [0.15, 0.2) is 0 Å². The fraction of sp³-hybridized carbons (Fsp3) is 1.00. The summed E-state index contributed by atoms with van der Waals surface area (Å²) in [5.41, 5.74) is 0. The first-order valence-corrected chi connectivity index (χ1v) is 2.47. The molecule has 0 aromatic heterocycles. The van der Waals surface area contributed by atoms with Gasteiger partial charge in [-0.2, -0.15) is 0 Å². The third kappa shape index (κ3) is 9.67. The Kier molecular flexibility index (Phi) is 6.10. The number of hydrogen-bond acceptors (Lipinski definition) is 1. The van der Waals surface area contributed by atoms with Crippen LogP contribution in [0.5, 0.6) is 0 Å². The van der Waals surface area contributed by atoms with Crippen LogP contribution < -0.4 is 0 Å². The van der Waals surface area contributed by atoms with Crippen molar-refractivity contribution in [2.75, 3.05) is 34.3 Å². The molecule has 0 unspecified atom stereocenters. The number of likely N-dealkylation sites (N-methyl/N-ethyl adjacent to an activating group) is 1. The molecule has 0 aromatic rings. The molecule has 0 aliphatic heterocycles. The van der Waals surface area contributed by atoms with Crippen molar-refractivity contribution in [2.24, 2.45) is 0 Å². The molecule has 0 aromatic carbocycles. The Balaban J connectivity index is 0. The molecule has 2 nitrogen and oxygen atoms in total. The van der Waals surface area contributed by atoms with E-state index < -0.39 is 0 Å². The van der Waals surface area contributed by atoms with E-state index >= 15 is 0 Å². The van der Waals surface area contributed by atoms with Crippen LogP contribution in [0.2, 0.25) is 0 Å². The molecule has 0 aliphatic carbocycles. The topological polar surface area (TPSA) is 20.2 Å². The summed E-state index contributed by atoms with van der Waals surface area (Å²) in [6.07, 6.45) is 0. The molecule has 0 fully saturated rings. The Hall–Kier alpha value is 0.439. The van der Waals surface area contributed by atoms with E-state index in [2.05, 4.69) is 21.1 Å². The third-order valence-electron chi connectivity index (χ3n) is 0.771. The van der Waals surface area contributed by atoms with Gasteiger partial charge in [-0.1, -0.05) is 0 Å². The van der Waals surface area contributed by atoms with E-state index in [0.29, 0.717) is 0 Å². The van der Waals surface area contributed by atoms with Gasteiger partial charge in [-0.3, -0.25) is 0 Å². The molecule has 51 valence electrons. The van der Waals surface area contributed by atoms with Gasteiger partial charge in [0.05, 0.1) is 27.7 Å². The number of quaternary nitrogens is 1. The van der Waals surface area contributed by atoms with Crippen molar-refractivity contribution in [1.29, 1.82) is 0 Å². The summed E-state index contributed by atoms with van der Waals surface area (Å²) in [7, 11) is 6.16. The zero-order valence-corrected chi connectivity index (χ0v) is 7.91. The van der Waals surface area contributed by atoms with Gasteiger partial charge in [0, 0.05) is 0 Å². The van der Waals surface area contributed by atoms with Crippen LogP contribution in [0.25, 0.3) is 0 Å². The Labute approximate surface area is 61.6 Å². The summed E-state index contributed by atoms with van der Waals surface area (Å²) in [6, 6.07) is 0. The Morgan fingerprint density at radius 1 is 1.25 bits per heavy atom. The first kappa shape index (κ1) is 11.3. The molecule has 0 bridgehead atoms. The van der Waals surface area contributed by atoms with Gasteiger partial charge in [0.15, 0.2) is 0 Å². The van der Waals surface area contributed by atoms with Gasteiger partial charge in [-0.15, -0.1) is 0 Å². The van der Waals surface area contributed by atoms with Crippen LogP contribution in [0, 0.1) is 0 Å². The van der Waals surface area contributed by atoms with Gasteiger partial charge < -0.3 is 9.59 Å². The summed E-state index contributed by atoms with van der Waals surface area (Å²) >= 11 is 0. The van der Waals surface area contributed by atoms with Crippen molar-refractivity contribution in [3.63, 3.8) is 0 Å². The molecule has 0 saturated carbocycles. The second-order valence-electron chi connectivity index (χ2n) is 2.74. The van der Waals surface area contributed by atoms with Crippen LogP contribution >= 0.6 is 0 Å². The van der Waals surface area contributed by atoms with Gasteiger partial charge in [0.2, 0.25) is 0 Å². The van der Waals surface area contributed by atoms with Crippen molar-refractivity contribution in [3.05, 3.63) is 0 Å². The molecule has 0 aliphatic rings. The summed E-state index contributed by atoms with van der Waals surface area (Å²) in [4.78, 5) is 0. The standard InChI is InChI=1S/C5H14NO.H2Se/c1-6(2,3)4-5-7;/h7H,4-5H2,1-3H3;1H2/q2*+1. The summed E-state index contributed by atoms with van der Waals surface area (Å²) in [5.74, 6) is 0. The van der Waals surface area contributed by atoms with Crippen LogP contribution in [-0.2, 0) is 0 Å². The molecule has 0 amide bonds. The van der Waals surface area contributed by atoms with Crippen molar-refractivity contribution in [2.45, 2.75) is 0 Å². The summed E-state index contributed by atoms with van der Waals surface area (Å²) in [5, 5.41) is 8.39. The molecule has 0 heterocycles. The molecule has 1 N–H and O–H groups in total. The quantitative estimate of drug-likeness (QED) is 0.422. The van der Waals surface area contributed by atoms with Gasteiger partial charge in [0.1, 0.15) is 6.54 Å². The van der Waals surface area contributed by atoms with Gasteiger partial charge in [0.25, 0.3) is 0 Å². The fourth-order valence-corrected chi connectivity index (χ4v) is 0.300. The molecule has 3 heteroatoms. The SMILES string of the molecule is C[N+](C)(C)CCO.[SeH2+]. The normalized spacial score (nSPS) is 10.5. The average Bonchev–Trinajstić information content (AvgIpc) is 1.30. The second-order valence-corrected chi connectivity index (χ2v) is 2.74. The first-order valence-electron chi connectivity index (χ1n) is 2.47. The number of nitrogens with zero attached hydrogens (tertiary/aromatic N) is 1. The Bertz CT molecular complexity index is 50.9. The summed E-state index contributed by atoms with van der Waals surface area (Å²) in [6.45, 7) is 1.11. The maximum atomic E-state index is 8.39. The van der Waals surface area contributed by atoms with E-state index in [1.807, 2.05) is 0 Å². The van der Waals surface area contributed by atoms with Gasteiger partial charge in [-0.25, -0.2) is 0 Å². The van der Waals surface area contributed by atoms with E-state index in [1.165, 1.54) is 0 Å². The second kappa shape index (κ2) is 4.33. The Morgan fingerprint density at radius 2 is 1.62 bits per heavy atom. The molecular weight excluding hydrogens is 169 g/mol. The molecule has 0 atom stereocenters. The molecule has 8 heavy (non-hydrogen) atoms. The molecule has 0 rings (SSSR count). The third-order valence-corrected chi connectivity index (χ3v) is 0.771. The van der Waals surface area contributed by atoms with E-state index in [1.54, 1.807) is 0 Å².